The Bertz CT molecular complexity index is 732. The lowest BCUT2D eigenvalue weighted by atomic mass is 10.3. The number of rotatable bonds is 5. The van der Waals surface area contributed by atoms with Gasteiger partial charge in [0.15, 0.2) is 0 Å². The Morgan fingerprint density at radius 1 is 1.32 bits per heavy atom. The van der Waals surface area contributed by atoms with E-state index in [4.69, 9.17) is 9.47 Å². The van der Waals surface area contributed by atoms with Crippen LogP contribution in [0.1, 0.15) is 0 Å². The zero-order valence-corrected chi connectivity index (χ0v) is 13.5. The molecule has 0 amide bonds. The molecule has 0 aliphatic carbocycles. The third-order valence-corrected chi connectivity index (χ3v) is 4.99. The number of benzene rings is 1. The maximum Gasteiger partial charge on any atom is 0.573 e. The maximum atomic E-state index is 12.5. The second kappa shape index (κ2) is 7.42. The van der Waals surface area contributed by atoms with Crippen molar-refractivity contribution in [2.24, 2.45) is 0 Å². The molecule has 1 aromatic rings. The average Bonchev–Trinajstić information content (AvgIpc) is 2.54. The maximum absolute atomic E-state index is 12.5. The summed E-state index contributed by atoms with van der Waals surface area (Å²) in [6.45, 7) is 2.97. The number of ether oxygens (including phenoxy) is 3. The Morgan fingerprint density at radius 3 is 2.52 bits per heavy atom. The second-order valence-corrected chi connectivity index (χ2v) is 6.76. The molecule has 0 aromatic heterocycles. The summed E-state index contributed by atoms with van der Waals surface area (Å²) in [5.74, 6) is -1.30. The van der Waals surface area contributed by atoms with Crippen LogP contribution in [0.15, 0.2) is 41.8 Å². The Labute approximate surface area is 141 Å². The van der Waals surface area contributed by atoms with Crippen molar-refractivity contribution in [2.75, 3.05) is 19.7 Å². The van der Waals surface area contributed by atoms with E-state index in [1.54, 1.807) is 0 Å². The van der Waals surface area contributed by atoms with E-state index in [0.29, 0.717) is 0 Å². The van der Waals surface area contributed by atoms with Gasteiger partial charge in [-0.15, -0.1) is 13.2 Å². The van der Waals surface area contributed by atoms with E-state index in [1.165, 1.54) is 0 Å². The zero-order chi connectivity index (χ0) is 18.7. The molecular weight excluding hydrogens is 367 g/mol. The Morgan fingerprint density at radius 2 is 1.96 bits per heavy atom. The van der Waals surface area contributed by atoms with E-state index in [9.17, 15) is 26.4 Å². The van der Waals surface area contributed by atoms with Crippen LogP contribution in [0.25, 0.3) is 0 Å². The predicted octanol–water partition coefficient (Wildman–Crippen LogP) is 1.66. The quantitative estimate of drug-likeness (QED) is 0.570. The third-order valence-electron chi connectivity index (χ3n) is 3.11. The van der Waals surface area contributed by atoms with Crippen molar-refractivity contribution in [1.29, 1.82) is 0 Å². The van der Waals surface area contributed by atoms with Crippen LogP contribution in [0.5, 0.6) is 5.75 Å². The fourth-order valence-electron chi connectivity index (χ4n) is 2.03. The third kappa shape index (κ3) is 5.18. The highest BCUT2D eigenvalue weighted by atomic mass is 32.2. The van der Waals surface area contributed by atoms with Crippen molar-refractivity contribution in [3.63, 3.8) is 0 Å². The Hall–Kier alpha value is -2.11. The SMILES string of the molecule is C=CC(=O)OC1CN(S(=O)(=O)c2ccc(OC(F)(F)F)cc2)CCO1. The lowest BCUT2D eigenvalue weighted by Gasteiger charge is -2.31. The first kappa shape index (κ1) is 19.2. The van der Waals surface area contributed by atoms with Crippen molar-refractivity contribution >= 4 is 16.0 Å². The molecule has 0 bridgehead atoms. The number of nitrogens with zero attached hydrogens (tertiary/aromatic N) is 1. The predicted molar refractivity (Wildman–Crippen MR) is 77.9 cm³/mol. The molecule has 1 aromatic carbocycles. The second-order valence-electron chi connectivity index (χ2n) is 4.82. The van der Waals surface area contributed by atoms with Gasteiger partial charge in [0.2, 0.25) is 16.3 Å². The van der Waals surface area contributed by atoms with Gasteiger partial charge in [-0.1, -0.05) is 6.58 Å². The van der Waals surface area contributed by atoms with E-state index < -0.39 is 34.4 Å². The molecule has 1 fully saturated rings. The number of hydrogen-bond acceptors (Lipinski definition) is 6. The summed E-state index contributed by atoms with van der Waals surface area (Å²) in [4.78, 5) is 10.9. The van der Waals surface area contributed by atoms with Gasteiger partial charge in [-0.2, -0.15) is 4.31 Å². The summed E-state index contributed by atoms with van der Waals surface area (Å²) >= 11 is 0. The van der Waals surface area contributed by atoms with Crippen LogP contribution in [-0.4, -0.2) is 51.0 Å². The topological polar surface area (TPSA) is 82.1 Å². The van der Waals surface area contributed by atoms with Crippen LogP contribution in [0.2, 0.25) is 0 Å². The molecule has 0 radical (unpaired) electrons. The minimum atomic E-state index is -4.87. The standard InChI is InChI=1S/C14H14F3NO6S/c1-2-12(19)23-13-9-18(7-8-22-13)25(20,21)11-5-3-10(4-6-11)24-14(15,16)17/h2-6,13H,1,7-9H2. The molecule has 0 spiro atoms. The van der Waals surface area contributed by atoms with Crippen LogP contribution >= 0.6 is 0 Å². The lowest BCUT2D eigenvalue weighted by Crippen LogP contribution is -2.46. The Kier molecular flexibility index (Phi) is 5.70. The van der Waals surface area contributed by atoms with Gasteiger partial charge in [0.25, 0.3) is 0 Å². The highest BCUT2D eigenvalue weighted by Gasteiger charge is 2.33. The van der Waals surface area contributed by atoms with Gasteiger partial charge in [0, 0.05) is 12.6 Å². The molecule has 1 atom stereocenters. The van der Waals surface area contributed by atoms with Gasteiger partial charge in [0.05, 0.1) is 18.0 Å². The molecule has 138 valence electrons. The van der Waals surface area contributed by atoms with Crippen LogP contribution in [0, 0.1) is 0 Å². The number of esters is 1. The van der Waals surface area contributed by atoms with Gasteiger partial charge in [-0.3, -0.25) is 0 Å². The molecule has 11 heteroatoms. The van der Waals surface area contributed by atoms with E-state index in [-0.39, 0.29) is 24.6 Å². The smallest absolute Gasteiger partial charge is 0.431 e. The number of carbonyl (C=O) groups excluding carboxylic acids is 1. The first-order valence-electron chi connectivity index (χ1n) is 6.92. The van der Waals surface area contributed by atoms with Gasteiger partial charge < -0.3 is 14.2 Å². The molecule has 1 aliphatic rings. The Balaban J connectivity index is 2.12. The first-order valence-corrected chi connectivity index (χ1v) is 8.36. The van der Waals surface area contributed by atoms with Crippen molar-refractivity contribution in [3.8, 4) is 5.75 Å². The monoisotopic (exact) mass is 381 g/mol. The van der Waals surface area contributed by atoms with Gasteiger partial charge >= 0.3 is 12.3 Å². The number of alkyl halides is 3. The fourth-order valence-corrected chi connectivity index (χ4v) is 3.44. The van der Waals surface area contributed by atoms with E-state index in [0.717, 1.165) is 34.6 Å². The molecule has 1 aliphatic heterocycles. The summed E-state index contributed by atoms with van der Waals surface area (Å²) in [7, 11) is -4.00. The van der Waals surface area contributed by atoms with E-state index in [1.807, 2.05) is 0 Å². The van der Waals surface area contributed by atoms with Crippen LogP contribution < -0.4 is 4.74 Å². The van der Waals surface area contributed by atoms with Crippen LogP contribution in [0.4, 0.5) is 13.2 Å². The number of hydrogen-bond donors (Lipinski definition) is 0. The molecule has 1 heterocycles. The van der Waals surface area contributed by atoms with E-state index >= 15 is 0 Å². The van der Waals surface area contributed by atoms with Gasteiger partial charge in [-0.05, 0) is 24.3 Å². The highest BCUT2D eigenvalue weighted by Crippen LogP contribution is 2.25. The highest BCUT2D eigenvalue weighted by molar-refractivity contribution is 7.89. The number of sulfonamides is 1. The average molecular weight is 381 g/mol. The normalized spacial score (nSPS) is 19.2. The zero-order valence-electron chi connectivity index (χ0n) is 12.7. The minimum absolute atomic E-state index is 0.00523. The first-order chi connectivity index (χ1) is 11.6. The summed E-state index contributed by atoms with van der Waals surface area (Å²) in [5.41, 5.74) is 0. The van der Waals surface area contributed by atoms with Crippen molar-refractivity contribution in [2.45, 2.75) is 17.5 Å². The summed E-state index contributed by atoms with van der Waals surface area (Å²) in [6.07, 6.45) is -5.05. The largest absolute Gasteiger partial charge is 0.573 e. The van der Waals surface area contributed by atoms with Gasteiger partial charge in [0.1, 0.15) is 5.75 Å². The lowest BCUT2D eigenvalue weighted by molar-refractivity contribution is -0.274. The number of halogens is 3. The molecular formula is C14H14F3NO6S. The summed E-state index contributed by atoms with van der Waals surface area (Å²) in [5, 5.41) is 0. The van der Waals surface area contributed by atoms with Crippen molar-refractivity contribution < 1.29 is 40.6 Å². The van der Waals surface area contributed by atoms with E-state index in [2.05, 4.69) is 11.3 Å². The molecule has 1 saturated heterocycles. The van der Waals surface area contributed by atoms with Crippen LogP contribution in [0.3, 0.4) is 0 Å². The number of morpholine rings is 1. The molecule has 2 rings (SSSR count). The van der Waals surface area contributed by atoms with Gasteiger partial charge in [-0.25, -0.2) is 13.2 Å². The molecule has 0 saturated carbocycles. The van der Waals surface area contributed by atoms with Crippen molar-refractivity contribution in [1.82, 2.24) is 4.31 Å². The molecule has 1 unspecified atom stereocenters. The van der Waals surface area contributed by atoms with Crippen LogP contribution in [-0.2, 0) is 24.3 Å². The summed E-state index contributed by atoms with van der Waals surface area (Å²) < 4.78 is 76.2. The number of carbonyl (C=O) groups is 1. The molecule has 7 nitrogen and oxygen atoms in total. The molecule has 0 N–H and O–H groups in total. The fraction of sp³-hybridized carbons (Fsp3) is 0.357. The minimum Gasteiger partial charge on any atom is -0.431 e. The summed E-state index contributed by atoms with van der Waals surface area (Å²) in [6, 6.07) is 3.79. The van der Waals surface area contributed by atoms with Crippen molar-refractivity contribution in [3.05, 3.63) is 36.9 Å². The molecule has 25 heavy (non-hydrogen) atoms.